The second kappa shape index (κ2) is 36.2. The summed E-state index contributed by atoms with van der Waals surface area (Å²) in [6, 6.07) is 47.3. The van der Waals surface area contributed by atoms with E-state index < -0.39 is 41.7 Å². The van der Waals surface area contributed by atoms with E-state index in [2.05, 4.69) is 45.9 Å². The van der Waals surface area contributed by atoms with Crippen molar-refractivity contribution in [1.29, 1.82) is 0 Å². The quantitative estimate of drug-likeness (QED) is 0.0218. The average molecular weight is 1500 g/mol. The molecular weight excluding hydrogens is 1430 g/mol. The highest BCUT2D eigenvalue weighted by Gasteiger charge is 2.30. The second-order valence-corrected chi connectivity index (χ2v) is 25.7. The minimum Gasteiger partial charge on any atom is -0.481 e. The summed E-state index contributed by atoms with van der Waals surface area (Å²) in [4.78, 5) is 103. The van der Waals surface area contributed by atoms with Crippen LogP contribution >= 0.6 is 34.8 Å². The van der Waals surface area contributed by atoms with Gasteiger partial charge in [0.05, 0.1) is 31.4 Å². The van der Waals surface area contributed by atoms with Gasteiger partial charge in [0.1, 0.15) is 56.1 Å². The van der Waals surface area contributed by atoms with Gasteiger partial charge in [-0.2, -0.15) is 13.2 Å². The average Bonchev–Trinajstić information content (AvgIpc) is 0.797. The molecule has 0 spiro atoms. The molecule has 23 nitrogen and oxygen atoms in total. The van der Waals surface area contributed by atoms with Gasteiger partial charge < -0.3 is 55.8 Å². The Morgan fingerprint density at radius 3 is 1.45 bits per heavy atom. The molecule has 0 bridgehead atoms. The number of ether oxygens (including phenoxy) is 1. The molecule has 1 aliphatic rings. The molecule has 1 aliphatic heterocycles. The number of carbonyl (C=O) groups excluding carboxylic acids is 3. The monoisotopic (exact) mass is 1500 g/mol. The van der Waals surface area contributed by atoms with E-state index in [4.69, 9.17) is 49.8 Å². The van der Waals surface area contributed by atoms with Gasteiger partial charge in [0.2, 0.25) is 5.91 Å². The lowest BCUT2D eigenvalue weighted by atomic mass is 10.0. The number of rotatable bonds is 24. The van der Waals surface area contributed by atoms with Gasteiger partial charge in [-0.3, -0.25) is 28.8 Å². The number of aromatic nitrogens is 6. The first kappa shape index (κ1) is 78.6. The number of para-hydroxylation sites is 1. The number of carbonyl (C=O) groups is 6. The van der Waals surface area contributed by atoms with Crippen molar-refractivity contribution in [3.8, 4) is 5.75 Å². The van der Waals surface area contributed by atoms with E-state index in [9.17, 15) is 52.2 Å². The Morgan fingerprint density at radius 1 is 0.538 bits per heavy atom. The highest BCUT2D eigenvalue weighted by Crippen LogP contribution is 2.33. The van der Waals surface area contributed by atoms with Crippen molar-refractivity contribution < 1.29 is 67.1 Å². The number of carboxylic acids is 3. The molecule has 11 rings (SSSR count). The largest absolute Gasteiger partial charge is 0.481 e. The smallest absolute Gasteiger partial charge is 0.416 e. The number of nitrogens with one attached hydrogen (secondary N) is 3. The van der Waals surface area contributed by atoms with Crippen LogP contribution in [0.2, 0.25) is 15.5 Å². The summed E-state index contributed by atoms with van der Waals surface area (Å²) in [5, 5.41) is 47.6. The van der Waals surface area contributed by atoms with Gasteiger partial charge in [-0.05, 0) is 124 Å². The standard InChI is InChI=1S/C27H25ClN4O4.C25H22ClF3N4O3.C25H25ClN4O4/c1-32(12-13-33)26-22(16-24(34)35)25(28)30-23(31-26)14-17-6-10-21(11-7-17)29-27(36)20-9-8-18-4-2-3-5-19(18)15-20;1-33(2)24-19(14-22(35)36)23(26)31-20(32-24)13-16-5-10-18(11-6-16)30-21(34)12-7-15-3-8-17(9-4-15)25(27,28)29;1-30(2)24-18(14-22(31)32)23(26)28-21(29-24)13-15-7-10-17(11-8-15)27-25(33)20-12-9-16-5-3-4-6-19(16)34-20/h2-11,15,33H,12-14,16H2,1H3,(H,29,36)(H,34,35);3-12H,13-14H2,1-2H3,(H,30,34)(H,35,36);3-8,10-11,20H,9,12-14H2,1-2H3,(H,27,33)(H,31,32)/b;12-7+;/t;;20-/m..0/s1. The molecule has 3 amide bonds. The molecule has 0 radical (unpaired) electrons. The molecule has 3 aromatic heterocycles. The van der Waals surface area contributed by atoms with Crippen molar-refractivity contribution in [2.24, 2.45) is 0 Å². The molecule has 106 heavy (non-hydrogen) atoms. The zero-order valence-electron chi connectivity index (χ0n) is 57.8. The van der Waals surface area contributed by atoms with E-state index in [0.717, 1.165) is 57.3 Å². The summed E-state index contributed by atoms with van der Waals surface area (Å²) in [6.07, 6.45) is -0.647. The molecule has 0 fully saturated rings. The summed E-state index contributed by atoms with van der Waals surface area (Å²) in [6.45, 7) is 0.150. The Bertz CT molecular complexity index is 4860. The van der Waals surface area contributed by atoms with Crippen molar-refractivity contribution >= 4 is 122 Å². The number of amides is 3. The normalized spacial score (nSPS) is 12.3. The molecular formula is C77H72Cl3F3N12O11. The van der Waals surface area contributed by atoms with Crippen molar-refractivity contribution in [2.75, 3.05) is 79.0 Å². The van der Waals surface area contributed by atoms with Gasteiger partial charge in [0, 0.05) is 106 Å². The van der Waals surface area contributed by atoms with Crippen LogP contribution in [0.3, 0.4) is 0 Å². The Balaban J connectivity index is 0.000000184. The van der Waals surface area contributed by atoms with Gasteiger partial charge in [-0.25, -0.2) is 29.9 Å². The van der Waals surface area contributed by atoms with Crippen LogP contribution in [-0.2, 0) is 75.1 Å². The summed E-state index contributed by atoms with van der Waals surface area (Å²) in [7, 11) is 8.73. The number of fused-ring (bicyclic) bond motifs is 2. The molecule has 29 heteroatoms. The number of carboxylic acid groups (broad SMARTS) is 3. The zero-order valence-corrected chi connectivity index (χ0v) is 60.1. The predicted octanol–water partition coefficient (Wildman–Crippen LogP) is 13.0. The Morgan fingerprint density at radius 2 is 0.981 bits per heavy atom. The summed E-state index contributed by atoms with van der Waals surface area (Å²) in [5.74, 6) is -0.553. The number of aliphatic hydroxyl groups excluding tert-OH is 1. The first-order valence-electron chi connectivity index (χ1n) is 32.8. The van der Waals surface area contributed by atoms with Crippen LogP contribution < -0.4 is 35.4 Å². The Kier molecular flexibility index (Phi) is 26.8. The number of hydrogen-bond acceptors (Lipinski definition) is 17. The number of halogens is 6. The van der Waals surface area contributed by atoms with Gasteiger partial charge in [-0.1, -0.05) is 132 Å². The van der Waals surface area contributed by atoms with E-state index in [1.54, 1.807) is 92.4 Å². The van der Waals surface area contributed by atoms with Crippen molar-refractivity contribution in [3.63, 3.8) is 0 Å². The van der Waals surface area contributed by atoms with E-state index in [1.807, 2.05) is 97.1 Å². The number of aliphatic hydroxyl groups is 1. The Labute approximate surface area is 622 Å². The maximum atomic E-state index is 12.7. The maximum absolute atomic E-state index is 12.7. The predicted molar refractivity (Wildman–Crippen MR) is 401 cm³/mol. The van der Waals surface area contributed by atoms with Crippen molar-refractivity contribution in [1.82, 2.24) is 29.9 Å². The van der Waals surface area contributed by atoms with Crippen LogP contribution in [0, 0.1) is 0 Å². The van der Waals surface area contributed by atoms with E-state index >= 15 is 0 Å². The van der Waals surface area contributed by atoms with Crippen LogP contribution in [-0.4, -0.2) is 140 Å². The van der Waals surface area contributed by atoms with Crippen LogP contribution in [0.15, 0.2) is 170 Å². The molecule has 10 aromatic rings. The zero-order chi connectivity index (χ0) is 76.4. The second-order valence-electron chi connectivity index (χ2n) is 24.7. The first-order chi connectivity index (χ1) is 50.5. The first-order valence-corrected chi connectivity index (χ1v) is 34.0. The van der Waals surface area contributed by atoms with Crippen LogP contribution in [0.5, 0.6) is 5.75 Å². The summed E-state index contributed by atoms with van der Waals surface area (Å²) >= 11 is 18.8. The topological polar surface area (TPSA) is 316 Å². The highest BCUT2D eigenvalue weighted by atomic mass is 35.5. The molecule has 1 atom stereocenters. The van der Waals surface area contributed by atoms with Crippen LogP contribution in [0.1, 0.15) is 84.3 Å². The van der Waals surface area contributed by atoms with Gasteiger partial charge >= 0.3 is 24.1 Å². The lowest BCUT2D eigenvalue weighted by Crippen LogP contribution is -2.35. The Hall–Kier alpha value is -11.6. The van der Waals surface area contributed by atoms with Gasteiger partial charge in [0.15, 0.2) is 6.10 Å². The van der Waals surface area contributed by atoms with Crippen LogP contribution in [0.25, 0.3) is 16.8 Å². The van der Waals surface area contributed by atoms with Crippen molar-refractivity contribution in [2.45, 2.75) is 63.6 Å². The van der Waals surface area contributed by atoms with Crippen LogP contribution in [0.4, 0.5) is 47.7 Å². The van der Waals surface area contributed by atoms with Gasteiger partial charge in [-0.15, -0.1) is 0 Å². The number of hydrogen-bond donors (Lipinski definition) is 7. The maximum Gasteiger partial charge on any atom is 0.416 e. The number of nitrogens with zero attached hydrogens (tertiary/aromatic N) is 9. The fraction of sp³-hybridized carbons (Fsp3) is 0.221. The van der Waals surface area contributed by atoms with Crippen molar-refractivity contribution in [3.05, 3.63) is 258 Å². The molecule has 7 aromatic carbocycles. The number of benzene rings is 7. The molecule has 0 saturated heterocycles. The highest BCUT2D eigenvalue weighted by molar-refractivity contribution is 6.31. The lowest BCUT2D eigenvalue weighted by Gasteiger charge is -2.25. The number of aryl methyl sites for hydroxylation is 1. The lowest BCUT2D eigenvalue weighted by molar-refractivity contribution is -0.138. The SMILES string of the molecule is CN(C)c1nc(Cc2ccc(NC(=O)/C=C/c3ccc(C(F)(F)F)cc3)cc2)nc(Cl)c1CC(=O)O.CN(C)c1nc(Cc2ccc(NC(=O)[C@@H]3CCc4ccccc4O3)cc2)nc(Cl)c1CC(=O)O.CN(CCO)c1nc(Cc2ccc(NC(=O)c3ccc4ccccc4c3)cc2)nc(Cl)c1CC(=O)O. The molecule has 0 saturated carbocycles. The summed E-state index contributed by atoms with van der Waals surface area (Å²) < 4.78 is 43.8. The number of likely N-dealkylation sites (N-methyl/N-ethyl adjacent to an activating group) is 1. The molecule has 4 heterocycles. The van der Waals surface area contributed by atoms with E-state index in [-0.39, 0.29) is 59.7 Å². The molecule has 0 aliphatic carbocycles. The number of anilines is 6. The number of aliphatic carboxylic acids is 3. The third kappa shape index (κ3) is 22.2. The third-order valence-corrected chi connectivity index (χ3v) is 17.1. The molecule has 548 valence electrons. The van der Waals surface area contributed by atoms with E-state index in [1.165, 1.54) is 24.3 Å². The summed E-state index contributed by atoms with van der Waals surface area (Å²) in [5.41, 5.74) is 6.88. The van der Waals surface area contributed by atoms with Gasteiger partial charge in [0.25, 0.3) is 11.8 Å². The molecule has 7 N–H and O–H groups in total. The fourth-order valence-electron chi connectivity index (χ4n) is 11.0. The van der Waals surface area contributed by atoms with E-state index in [0.29, 0.717) is 105 Å². The molecule has 0 unspecified atom stereocenters. The minimum absolute atomic E-state index is 0.0708. The third-order valence-electron chi connectivity index (χ3n) is 16.2. The number of alkyl halides is 3. The fourth-order valence-corrected chi connectivity index (χ4v) is 11.7. The minimum atomic E-state index is -4.41.